The molecule has 0 aliphatic rings. The van der Waals surface area contributed by atoms with Crippen molar-refractivity contribution in [3.8, 4) is 0 Å². The number of carbonyl (C=O) groups excluding carboxylic acids is 1. The first-order valence-electron chi connectivity index (χ1n) is 7.80. The molecule has 0 radical (unpaired) electrons. The summed E-state index contributed by atoms with van der Waals surface area (Å²) in [7, 11) is 0. The van der Waals surface area contributed by atoms with Crippen molar-refractivity contribution in [3.63, 3.8) is 0 Å². The van der Waals surface area contributed by atoms with Crippen LogP contribution in [0.4, 0.5) is 5.69 Å². The van der Waals surface area contributed by atoms with Gasteiger partial charge in [-0.1, -0.05) is 0 Å². The van der Waals surface area contributed by atoms with Gasteiger partial charge in [0.2, 0.25) is 5.91 Å². The Labute approximate surface area is 153 Å². The number of carboxylic acids is 1. The molecule has 0 aliphatic heterocycles. The van der Waals surface area contributed by atoms with E-state index in [1.165, 1.54) is 4.68 Å². The molecule has 140 valence electrons. The molecule has 2 heterocycles. The summed E-state index contributed by atoms with van der Waals surface area (Å²) in [5.41, 5.74) is 1.07. The van der Waals surface area contributed by atoms with Crippen molar-refractivity contribution < 1.29 is 19.6 Å². The average molecular weight is 381 g/mol. The molecule has 2 N–H and O–H groups in total. The molecule has 0 fully saturated rings. The van der Waals surface area contributed by atoms with Gasteiger partial charge in [-0.25, -0.2) is 9.78 Å². The zero-order valence-electron chi connectivity index (χ0n) is 14.8. The van der Waals surface area contributed by atoms with Gasteiger partial charge in [-0.3, -0.25) is 19.6 Å². The number of hydrogen-bond acceptors (Lipinski definition) is 7. The summed E-state index contributed by atoms with van der Waals surface area (Å²) in [5.74, 6) is -1.33. The van der Waals surface area contributed by atoms with E-state index in [0.717, 1.165) is 11.3 Å². The van der Waals surface area contributed by atoms with Crippen molar-refractivity contribution in [1.82, 2.24) is 20.1 Å². The van der Waals surface area contributed by atoms with Crippen LogP contribution in [0.5, 0.6) is 0 Å². The highest BCUT2D eigenvalue weighted by atomic mass is 32.1. The van der Waals surface area contributed by atoms with Crippen molar-refractivity contribution >= 4 is 28.9 Å². The number of rotatable bonds is 7. The van der Waals surface area contributed by atoms with Crippen molar-refractivity contribution in [2.24, 2.45) is 0 Å². The van der Waals surface area contributed by atoms with E-state index in [1.54, 1.807) is 27.7 Å². The monoisotopic (exact) mass is 381 g/mol. The Morgan fingerprint density at radius 2 is 2.00 bits per heavy atom. The lowest BCUT2D eigenvalue weighted by atomic mass is 10.3. The maximum absolute atomic E-state index is 12.1. The highest BCUT2D eigenvalue weighted by Gasteiger charge is 2.23. The number of aromatic carboxylic acids is 1. The van der Waals surface area contributed by atoms with E-state index in [9.17, 15) is 19.7 Å². The first kappa shape index (κ1) is 19.5. The van der Waals surface area contributed by atoms with Crippen molar-refractivity contribution in [2.75, 3.05) is 0 Å². The van der Waals surface area contributed by atoms with Crippen LogP contribution in [-0.2, 0) is 11.3 Å². The Morgan fingerprint density at radius 3 is 2.50 bits per heavy atom. The van der Waals surface area contributed by atoms with Crippen LogP contribution in [0.3, 0.4) is 0 Å². The van der Waals surface area contributed by atoms with E-state index >= 15 is 0 Å². The number of nitrogens with zero attached hydrogens (tertiary/aromatic N) is 4. The molecule has 0 aliphatic carbocycles. The summed E-state index contributed by atoms with van der Waals surface area (Å²) >= 11 is 1.03. The molecule has 0 aromatic carbocycles. The van der Waals surface area contributed by atoms with Crippen LogP contribution >= 0.6 is 11.3 Å². The zero-order chi connectivity index (χ0) is 19.6. The van der Waals surface area contributed by atoms with E-state index in [2.05, 4.69) is 15.4 Å². The molecule has 2 rings (SSSR count). The maximum atomic E-state index is 12.1. The van der Waals surface area contributed by atoms with E-state index in [0.29, 0.717) is 22.1 Å². The van der Waals surface area contributed by atoms with Gasteiger partial charge < -0.3 is 10.4 Å². The molecular weight excluding hydrogens is 362 g/mol. The molecule has 2 aromatic heterocycles. The first-order valence-corrected chi connectivity index (χ1v) is 8.61. The van der Waals surface area contributed by atoms with E-state index in [1.807, 2.05) is 0 Å². The molecule has 10 nitrogen and oxygen atoms in total. The quantitative estimate of drug-likeness (QED) is 0.553. The number of hydrogen-bond donors (Lipinski definition) is 2. The first-order chi connectivity index (χ1) is 12.1. The fourth-order valence-corrected chi connectivity index (χ4v) is 3.46. The molecule has 11 heteroatoms. The fourth-order valence-electron chi connectivity index (χ4n) is 2.55. The Bertz CT molecular complexity index is 872. The lowest BCUT2D eigenvalue weighted by molar-refractivity contribution is -0.386. The SMILES string of the molecule is Cc1nc(C(C)NC(=O)CCn2nc(C)c([N+](=O)[O-])c2C)sc1C(=O)O. The lowest BCUT2D eigenvalue weighted by Crippen LogP contribution is -2.27. The highest BCUT2D eigenvalue weighted by Crippen LogP contribution is 2.24. The molecule has 2 aromatic rings. The lowest BCUT2D eigenvalue weighted by Gasteiger charge is -2.11. The van der Waals surface area contributed by atoms with E-state index in [4.69, 9.17) is 5.11 Å². The fraction of sp³-hybridized carbons (Fsp3) is 0.467. The highest BCUT2D eigenvalue weighted by molar-refractivity contribution is 7.13. The van der Waals surface area contributed by atoms with Crippen LogP contribution in [0.2, 0.25) is 0 Å². The Hall–Kier alpha value is -2.82. The second-order valence-electron chi connectivity index (χ2n) is 5.81. The van der Waals surface area contributed by atoms with Crippen molar-refractivity contribution in [1.29, 1.82) is 0 Å². The summed E-state index contributed by atoms with van der Waals surface area (Å²) < 4.78 is 1.44. The molecule has 0 spiro atoms. The minimum absolute atomic E-state index is 0.0433. The molecule has 26 heavy (non-hydrogen) atoms. The van der Waals surface area contributed by atoms with E-state index < -0.39 is 16.9 Å². The predicted molar refractivity (Wildman–Crippen MR) is 93.3 cm³/mol. The second kappa shape index (κ2) is 7.60. The number of aryl methyl sites for hydroxylation is 3. The minimum Gasteiger partial charge on any atom is -0.477 e. The van der Waals surface area contributed by atoms with E-state index in [-0.39, 0.29) is 29.4 Å². The molecule has 1 atom stereocenters. The van der Waals surface area contributed by atoms with Gasteiger partial charge in [0.1, 0.15) is 21.3 Å². The van der Waals surface area contributed by atoms with Gasteiger partial charge in [0.25, 0.3) is 0 Å². The minimum atomic E-state index is -1.05. The van der Waals surface area contributed by atoms with Crippen molar-refractivity contribution in [3.05, 3.63) is 37.1 Å². The molecular formula is C15H19N5O5S. The predicted octanol–water partition coefficient (Wildman–Crippen LogP) is 2.14. The van der Waals surface area contributed by atoms with Crippen LogP contribution < -0.4 is 5.32 Å². The summed E-state index contributed by atoms with van der Waals surface area (Å²) in [6, 6.07) is -0.436. The number of amides is 1. The molecule has 1 unspecified atom stereocenters. The third kappa shape index (κ3) is 4.04. The summed E-state index contributed by atoms with van der Waals surface area (Å²) in [4.78, 5) is 38.1. The standard InChI is InChI=1S/C15H19N5O5S/c1-7-12(20(24)25)10(4)19(18-7)6-5-11(21)16-9(3)14-17-8(2)13(26-14)15(22)23/h9H,5-6H2,1-4H3,(H,16,21)(H,22,23). The summed E-state index contributed by atoms with van der Waals surface area (Å²) in [5, 5.41) is 27.4. The number of carbonyl (C=O) groups is 2. The van der Waals surface area contributed by atoms with Crippen LogP contribution in [0.25, 0.3) is 0 Å². The van der Waals surface area contributed by atoms with Gasteiger partial charge in [-0.15, -0.1) is 11.3 Å². The third-order valence-electron chi connectivity index (χ3n) is 3.83. The van der Waals surface area contributed by atoms with Crippen LogP contribution in [0.1, 0.15) is 51.1 Å². The normalized spacial score (nSPS) is 12.0. The average Bonchev–Trinajstić information content (AvgIpc) is 3.05. The number of nitrogens with one attached hydrogen (secondary N) is 1. The Balaban J connectivity index is 1.99. The molecule has 1 amide bonds. The van der Waals surface area contributed by atoms with Crippen molar-refractivity contribution in [2.45, 2.75) is 46.7 Å². The topological polar surface area (TPSA) is 140 Å². The van der Waals surface area contributed by atoms with Gasteiger partial charge in [-0.05, 0) is 27.7 Å². The number of thiazole rings is 1. The van der Waals surface area contributed by atoms with Gasteiger partial charge in [-0.2, -0.15) is 5.10 Å². The van der Waals surface area contributed by atoms with Gasteiger partial charge in [0.05, 0.1) is 23.2 Å². The van der Waals surface area contributed by atoms with Gasteiger partial charge >= 0.3 is 11.7 Å². The molecule has 0 saturated heterocycles. The Morgan fingerprint density at radius 1 is 1.35 bits per heavy atom. The van der Waals surface area contributed by atoms with Gasteiger partial charge in [0, 0.05) is 6.42 Å². The number of carboxylic acid groups (broad SMARTS) is 1. The maximum Gasteiger partial charge on any atom is 0.347 e. The largest absolute Gasteiger partial charge is 0.477 e. The number of aromatic nitrogens is 3. The van der Waals surface area contributed by atoms with Crippen LogP contribution in [0.15, 0.2) is 0 Å². The van der Waals surface area contributed by atoms with Gasteiger partial charge in [0.15, 0.2) is 0 Å². The zero-order valence-corrected chi connectivity index (χ0v) is 15.6. The van der Waals surface area contributed by atoms with Crippen LogP contribution in [-0.4, -0.2) is 36.7 Å². The number of nitro groups is 1. The molecule has 0 bridgehead atoms. The molecule has 0 saturated carbocycles. The summed E-state index contributed by atoms with van der Waals surface area (Å²) in [6.07, 6.45) is 0.0829. The third-order valence-corrected chi connectivity index (χ3v) is 5.16. The van der Waals surface area contributed by atoms with Crippen LogP contribution in [0, 0.1) is 30.9 Å². The smallest absolute Gasteiger partial charge is 0.347 e. The second-order valence-corrected chi connectivity index (χ2v) is 6.84. The Kier molecular flexibility index (Phi) is 5.70. The summed E-state index contributed by atoms with van der Waals surface area (Å²) in [6.45, 7) is 6.67.